The quantitative estimate of drug-likeness (QED) is 0.720. The lowest BCUT2D eigenvalue weighted by Crippen LogP contribution is -2.37. The van der Waals surface area contributed by atoms with Crippen molar-refractivity contribution in [2.24, 2.45) is 0 Å². The van der Waals surface area contributed by atoms with E-state index in [0.29, 0.717) is 0 Å². The van der Waals surface area contributed by atoms with Gasteiger partial charge in [-0.15, -0.1) is 0 Å². The van der Waals surface area contributed by atoms with E-state index >= 15 is 0 Å². The number of piperidine rings is 1. The molecular formula is C10H19NO3. The predicted octanol–water partition coefficient (Wildman–Crippen LogP) is 0.962. The van der Waals surface area contributed by atoms with Crippen molar-refractivity contribution in [3.8, 4) is 0 Å². The van der Waals surface area contributed by atoms with Gasteiger partial charge in [-0.05, 0) is 25.8 Å². The topological polar surface area (TPSA) is 49.8 Å². The highest BCUT2D eigenvalue weighted by molar-refractivity contribution is 5.68. The SMILES string of the molecule is CCCN1CCC(OCC(=O)O)CC1. The van der Waals surface area contributed by atoms with Crippen molar-refractivity contribution in [3.05, 3.63) is 0 Å². The van der Waals surface area contributed by atoms with Crippen molar-refractivity contribution in [3.63, 3.8) is 0 Å². The van der Waals surface area contributed by atoms with Gasteiger partial charge in [-0.3, -0.25) is 0 Å². The molecule has 82 valence electrons. The molecule has 1 fully saturated rings. The lowest BCUT2D eigenvalue weighted by Gasteiger charge is -2.31. The third-order valence-electron chi connectivity index (χ3n) is 2.52. The van der Waals surface area contributed by atoms with Crippen molar-refractivity contribution >= 4 is 5.97 Å². The first-order valence-corrected chi connectivity index (χ1v) is 5.28. The molecule has 0 aromatic carbocycles. The molecule has 14 heavy (non-hydrogen) atoms. The number of rotatable bonds is 5. The Morgan fingerprint density at radius 3 is 2.64 bits per heavy atom. The zero-order valence-electron chi connectivity index (χ0n) is 8.74. The fourth-order valence-electron chi connectivity index (χ4n) is 1.80. The second-order valence-corrected chi connectivity index (χ2v) is 3.75. The minimum Gasteiger partial charge on any atom is -0.480 e. The Morgan fingerprint density at radius 1 is 1.50 bits per heavy atom. The number of nitrogens with zero attached hydrogens (tertiary/aromatic N) is 1. The molecule has 0 amide bonds. The third kappa shape index (κ3) is 4.07. The molecule has 0 atom stereocenters. The Balaban J connectivity index is 2.12. The average Bonchev–Trinajstić information content (AvgIpc) is 2.17. The number of carboxylic acids is 1. The Labute approximate surface area is 84.8 Å². The van der Waals surface area contributed by atoms with Crippen LogP contribution in [0.3, 0.4) is 0 Å². The monoisotopic (exact) mass is 201 g/mol. The largest absolute Gasteiger partial charge is 0.480 e. The van der Waals surface area contributed by atoms with Crippen molar-refractivity contribution in [2.75, 3.05) is 26.2 Å². The summed E-state index contributed by atoms with van der Waals surface area (Å²) in [6.45, 7) is 5.24. The summed E-state index contributed by atoms with van der Waals surface area (Å²) in [5.74, 6) is -0.874. The minimum absolute atomic E-state index is 0.152. The van der Waals surface area contributed by atoms with Gasteiger partial charge in [-0.1, -0.05) is 6.92 Å². The molecule has 0 aromatic rings. The molecule has 1 saturated heterocycles. The number of aliphatic carboxylic acids is 1. The molecule has 0 unspecified atom stereocenters. The highest BCUT2D eigenvalue weighted by atomic mass is 16.5. The molecular weight excluding hydrogens is 182 g/mol. The molecule has 0 spiro atoms. The van der Waals surface area contributed by atoms with E-state index in [-0.39, 0.29) is 12.7 Å². The molecule has 4 heteroatoms. The zero-order valence-corrected chi connectivity index (χ0v) is 8.74. The van der Waals surface area contributed by atoms with Gasteiger partial charge in [0.25, 0.3) is 0 Å². The fourth-order valence-corrected chi connectivity index (χ4v) is 1.80. The summed E-state index contributed by atoms with van der Waals surface area (Å²) < 4.78 is 5.24. The van der Waals surface area contributed by atoms with E-state index in [1.54, 1.807) is 0 Å². The van der Waals surface area contributed by atoms with Crippen LogP contribution in [-0.2, 0) is 9.53 Å². The van der Waals surface area contributed by atoms with Gasteiger partial charge in [0.1, 0.15) is 6.61 Å². The Bertz CT molecular complexity index is 176. The number of hydrogen-bond donors (Lipinski definition) is 1. The Kier molecular flexibility index (Phi) is 4.90. The van der Waals surface area contributed by atoms with Gasteiger partial charge in [0.05, 0.1) is 6.10 Å². The second kappa shape index (κ2) is 5.98. The summed E-state index contributed by atoms with van der Waals surface area (Å²) in [6.07, 6.45) is 3.26. The van der Waals surface area contributed by atoms with Gasteiger partial charge in [0.2, 0.25) is 0 Å². The van der Waals surface area contributed by atoms with Crippen LogP contribution in [0, 0.1) is 0 Å². The van der Waals surface area contributed by atoms with E-state index in [1.165, 1.54) is 6.42 Å². The molecule has 0 radical (unpaired) electrons. The molecule has 1 aliphatic heterocycles. The first-order valence-electron chi connectivity index (χ1n) is 5.28. The second-order valence-electron chi connectivity index (χ2n) is 3.75. The van der Waals surface area contributed by atoms with Crippen LogP contribution in [0.1, 0.15) is 26.2 Å². The summed E-state index contributed by atoms with van der Waals surface area (Å²) in [7, 11) is 0. The van der Waals surface area contributed by atoms with Crippen molar-refractivity contribution in [1.82, 2.24) is 4.90 Å². The smallest absolute Gasteiger partial charge is 0.329 e. The van der Waals surface area contributed by atoms with Gasteiger partial charge < -0.3 is 14.7 Å². The third-order valence-corrected chi connectivity index (χ3v) is 2.52. The van der Waals surface area contributed by atoms with Crippen LogP contribution < -0.4 is 0 Å². The summed E-state index contributed by atoms with van der Waals surface area (Å²) in [5, 5.41) is 8.44. The number of carboxylic acid groups (broad SMARTS) is 1. The van der Waals surface area contributed by atoms with Gasteiger partial charge >= 0.3 is 5.97 Å². The summed E-state index contributed by atoms with van der Waals surface area (Å²) in [6, 6.07) is 0. The predicted molar refractivity (Wildman–Crippen MR) is 53.3 cm³/mol. The molecule has 0 aromatic heterocycles. The van der Waals surface area contributed by atoms with E-state index in [0.717, 1.165) is 32.5 Å². The zero-order chi connectivity index (χ0) is 10.4. The van der Waals surface area contributed by atoms with Crippen LogP contribution in [0.15, 0.2) is 0 Å². The van der Waals surface area contributed by atoms with Gasteiger partial charge in [-0.2, -0.15) is 0 Å². The molecule has 1 rings (SSSR count). The molecule has 1 N–H and O–H groups in total. The van der Waals surface area contributed by atoms with Crippen LogP contribution in [0.4, 0.5) is 0 Å². The molecule has 0 bridgehead atoms. The molecule has 0 aliphatic carbocycles. The summed E-state index contributed by atoms with van der Waals surface area (Å²) in [5.41, 5.74) is 0. The maximum atomic E-state index is 10.3. The van der Waals surface area contributed by atoms with Crippen LogP contribution >= 0.6 is 0 Å². The Hall–Kier alpha value is -0.610. The number of likely N-dealkylation sites (tertiary alicyclic amines) is 1. The van der Waals surface area contributed by atoms with Gasteiger partial charge in [-0.25, -0.2) is 4.79 Å². The average molecular weight is 201 g/mol. The van der Waals surface area contributed by atoms with Crippen LogP contribution in [0.5, 0.6) is 0 Å². The lowest BCUT2D eigenvalue weighted by molar-refractivity contribution is -0.145. The summed E-state index contributed by atoms with van der Waals surface area (Å²) >= 11 is 0. The minimum atomic E-state index is -0.874. The van der Waals surface area contributed by atoms with E-state index in [9.17, 15) is 4.79 Å². The van der Waals surface area contributed by atoms with E-state index in [2.05, 4.69) is 11.8 Å². The highest BCUT2D eigenvalue weighted by Gasteiger charge is 2.19. The van der Waals surface area contributed by atoms with Crippen molar-refractivity contribution in [2.45, 2.75) is 32.3 Å². The molecule has 0 saturated carbocycles. The maximum Gasteiger partial charge on any atom is 0.329 e. The number of ether oxygens (including phenoxy) is 1. The fraction of sp³-hybridized carbons (Fsp3) is 0.900. The lowest BCUT2D eigenvalue weighted by atomic mass is 10.1. The van der Waals surface area contributed by atoms with Crippen LogP contribution in [-0.4, -0.2) is 48.3 Å². The van der Waals surface area contributed by atoms with Crippen molar-refractivity contribution < 1.29 is 14.6 Å². The van der Waals surface area contributed by atoms with Crippen molar-refractivity contribution in [1.29, 1.82) is 0 Å². The number of hydrogen-bond acceptors (Lipinski definition) is 3. The molecule has 4 nitrogen and oxygen atoms in total. The normalized spacial score (nSPS) is 19.8. The number of carbonyl (C=O) groups is 1. The van der Waals surface area contributed by atoms with Crippen LogP contribution in [0.2, 0.25) is 0 Å². The van der Waals surface area contributed by atoms with Crippen LogP contribution in [0.25, 0.3) is 0 Å². The molecule has 1 heterocycles. The van der Waals surface area contributed by atoms with Gasteiger partial charge in [0, 0.05) is 13.1 Å². The summed E-state index contributed by atoms with van der Waals surface area (Å²) in [4.78, 5) is 12.7. The highest BCUT2D eigenvalue weighted by Crippen LogP contribution is 2.13. The first-order chi connectivity index (χ1) is 6.72. The van der Waals surface area contributed by atoms with E-state index in [4.69, 9.17) is 9.84 Å². The maximum absolute atomic E-state index is 10.3. The molecule has 1 aliphatic rings. The Morgan fingerprint density at radius 2 is 2.14 bits per heavy atom. The van der Waals surface area contributed by atoms with E-state index in [1.807, 2.05) is 0 Å². The van der Waals surface area contributed by atoms with Gasteiger partial charge in [0.15, 0.2) is 0 Å². The standard InChI is InChI=1S/C10H19NO3/c1-2-5-11-6-3-9(4-7-11)14-8-10(12)13/h9H,2-8H2,1H3,(H,12,13). The van der Waals surface area contributed by atoms with E-state index < -0.39 is 5.97 Å². The first kappa shape index (κ1) is 11.5.